The number of thiazole rings is 1. The van der Waals surface area contributed by atoms with E-state index in [1.807, 2.05) is 17.5 Å². The fraction of sp³-hybridized carbons (Fsp3) is 0.294. The minimum absolute atomic E-state index is 0.00318. The average Bonchev–Trinajstić information content (AvgIpc) is 3.43. The molecule has 1 saturated heterocycles. The van der Waals surface area contributed by atoms with Gasteiger partial charge in [0.05, 0.1) is 23.8 Å². The Morgan fingerprint density at radius 1 is 1.22 bits per heavy atom. The molecule has 3 aromatic heterocycles. The third-order valence-electron chi connectivity index (χ3n) is 4.04. The van der Waals surface area contributed by atoms with Crippen LogP contribution in [0.25, 0.3) is 10.6 Å². The molecular weight excluding hydrogens is 386 g/mol. The molecule has 0 atom stereocenters. The highest BCUT2D eigenvalue weighted by Gasteiger charge is 2.23. The second kappa shape index (κ2) is 7.99. The molecule has 8 nitrogen and oxygen atoms in total. The Hall–Kier alpha value is -2.56. The van der Waals surface area contributed by atoms with E-state index in [0.717, 1.165) is 10.6 Å². The molecule has 1 fully saturated rings. The number of thiophene rings is 1. The number of hydrogen-bond acceptors (Lipinski definition) is 7. The zero-order valence-corrected chi connectivity index (χ0v) is 16.0. The third kappa shape index (κ3) is 4.07. The van der Waals surface area contributed by atoms with Gasteiger partial charge in [-0.3, -0.25) is 14.3 Å². The van der Waals surface area contributed by atoms with Crippen LogP contribution in [0.2, 0.25) is 0 Å². The van der Waals surface area contributed by atoms with Crippen LogP contribution in [0, 0.1) is 0 Å². The fourth-order valence-electron chi connectivity index (χ4n) is 2.77. The lowest BCUT2D eigenvalue weighted by Crippen LogP contribution is -2.40. The van der Waals surface area contributed by atoms with Gasteiger partial charge in [-0.25, -0.2) is 4.98 Å². The number of hydrogen-bond donors (Lipinski definition) is 1. The van der Waals surface area contributed by atoms with Crippen LogP contribution in [0.3, 0.4) is 0 Å². The molecule has 0 unspecified atom stereocenters. The fourth-order valence-corrected chi connectivity index (χ4v) is 4.06. The first kappa shape index (κ1) is 17.8. The molecule has 0 saturated carbocycles. The van der Waals surface area contributed by atoms with Crippen molar-refractivity contribution in [2.45, 2.75) is 6.54 Å². The number of nitrogens with one attached hydrogen (secondary N) is 1. The predicted molar refractivity (Wildman–Crippen MR) is 103 cm³/mol. The van der Waals surface area contributed by atoms with Crippen molar-refractivity contribution in [1.29, 1.82) is 0 Å². The number of carbonyl (C=O) groups excluding carboxylic acids is 2. The maximum Gasteiger partial charge on any atom is 0.274 e. The number of rotatable bonds is 5. The van der Waals surface area contributed by atoms with Crippen LogP contribution in [-0.2, 0) is 16.1 Å². The van der Waals surface area contributed by atoms with Gasteiger partial charge in [-0.15, -0.1) is 22.7 Å². The maximum absolute atomic E-state index is 12.8. The first-order valence-electron chi connectivity index (χ1n) is 8.39. The van der Waals surface area contributed by atoms with E-state index >= 15 is 0 Å². The highest BCUT2D eigenvalue weighted by molar-refractivity contribution is 7.14. The van der Waals surface area contributed by atoms with Crippen molar-refractivity contribution in [2.24, 2.45) is 0 Å². The molecule has 0 radical (unpaired) electrons. The molecule has 27 heavy (non-hydrogen) atoms. The SMILES string of the molecule is O=C(Cn1nc(C(=O)N2CCOCC2)cc1-c1cccs1)Nc1nccs1. The second-order valence-electron chi connectivity index (χ2n) is 5.84. The van der Waals surface area contributed by atoms with Crippen LogP contribution in [0.1, 0.15) is 10.5 Å². The van der Waals surface area contributed by atoms with Gasteiger partial charge in [0.1, 0.15) is 6.54 Å². The molecule has 2 amide bonds. The van der Waals surface area contributed by atoms with Crippen molar-refractivity contribution in [2.75, 3.05) is 31.6 Å². The van der Waals surface area contributed by atoms with Crippen molar-refractivity contribution in [3.63, 3.8) is 0 Å². The smallest absolute Gasteiger partial charge is 0.274 e. The van der Waals surface area contributed by atoms with E-state index in [1.54, 1.807) is 27.2 Å². The maximum atomic E-state index is 12.8. The third-order valence-corrected chi connectivity index (χ3v) is 5.62. The lowest BCUT2D eigenvalue weighted by molar-refractivity contribution is -0.116. The van der Waals surface area contributed by atoms with Crippen molar-refractivity contribution in [3.05, 3.63) is 40.8 Å². The standard InChI is InChI=1S/C17H17N5O3S2/c23-15(19-17-18-3-9-27-17)11-22-13(14-2-1-8-26-14)10-12(20-22)16(24)21-4-6-25-7-5-21/h1-3,8-10H,4-7,11H2,(H,18,19,23). The molecule has 0 bridgehead atoms. The summed E-state index contributed by atoms with van der Waals surface area (Å²) in [5.74, 6) is -0.383. The summed E-state index contributed by atoms with van der Waals surface area (Å²) < 4.78 is 6.87. The second-order valence-corrected chi connectivity index (χ2v) is 7.68. The van der Waals surface area contributed by atoms with Crippen LogP contribution in [-0.4, -0.2) is 57.8 Å². The van der Waals surface area contributed by atoms with E-state index in [9.17, 15) is 9.59 Å². The molecule has 4 rings (SSSR count). The minimum atomic E-state index is -0.240. The summed E-state index contributed by atoms with van der Waals surface area (Å²) in [5.41, 5.74) is 1.08. The first-order valence-corrected chi connectivity index (χ1v) is 10.1. The summed E-state index contributed by atoms with van der Waals surface area (Å²) in [6, 6.07) is 5.62. The van der Waals surface area contributed by atoms with E-state index in [-0.39, 0.29) is 18.4 Å². The number of morpholine rings is 1. The van der Waals surface area contributed by atoms with E-state index in [2.05, 4.69) is 15.4 Å². The lowest BCUT2D eigenvalue weighted by atomic mass is 10.2. The molecule has 0 aliphatic carbocycles. The number of amides is 2. The number of carbonyl (C=O) groups is 2. The van der Waals surface area contributed by atoms with E-state index in [4.69, 9.17) is 4.74 Å². The van der Waals surface area contributed by atoms with Gasteiger partial charge in [-0.1, -0.05) is 6.07 Å². The molecule has 0 aromatic carbocycles. The molecular formula is C17H17N5O3S2. The minimum Gasteiger partial charge on any atom is -0.378 e. The van der Waals surface area contributed by atoms with Gasteiger partial charge in [0.15, 0.2) is 10.8 Å². The zero-order valence-electron chi connectivity index (χ0n) is 14.3. The Bertz CT molecular complexity index is 915. The van der Waals surface area contributed by atoms with Gasteiger partial charge in [0.2, 0.25) is 5.91 Å². The van der Waals surface area contributed by atoms with Crippen molar-refractivity contribution >= 4 is 39.6 Å². The predicted octanol–water partition coefficient (Wildman–Crippen LogP) is 2.18. The largest absolute Gasteiger partial charge is 0.378 e. The Morgan fingerprint density at radius 3 is 2.78 bits per heavy atom. The summed E-state index contributed by atoms with van der Waals surface area (Å²) in [7, 11) is 0. The Balaban J connectivity index is 1.58. The molecule has 140 valence electrons. The number of nitrogens with zero attached hydrogens (tertiary/aromatic N) is 4. The Labute approximate surface area is 163 Å². The van der Waals surface area contributed by atoms with Crippen LogP contribution in [0.15, 0.2) is 35.2 Å². The Morgan fingerprint density at radius 2 is 2.07 bits per heavy atom. The van der Waals surface area contributed by atoms with Crippen LogP contribution < -0.4 is 5.32 Å². The van der Waals surface area contributed by atoms with Gasteiger partial charge in [-0.2, -0.15) is 5.10 Å². The van der Waals surface area contributed by atoms with E-state index < -0.39 is 0 Å². The quantitative estimate of drug-likeness (QED) is 0.705. The highest BCUT2D eigenvalue weighted by atomic mass is 32.1. The van der Waals surface area contributed by atoms with Gasteiger partial charge < -0.3 is 15.0 Å². The number of anilines is 1. The van der Waals surface area contributed by atoms with Gasteiger partial charge >= 0.3 is 0 Å². The summed E-state index contributed by atoms with van der Waals surface area (Å²) in [6.07, 6.45) is 1.63. The normalized spacial score (nSPS) is 14.3. The summed E-state index contributed by atoms with van der Waals surface area (Å²) in [4.78, 5) is 31.9. The van der Waals surface area contributed by atoms with Gasteiger partial charge in [0.25, 0.3) is 5.91 Å². The van der Waals surface area contributed by atoms with E-state index in [0.29, 0.717) is 37.1 Å². The summed E-state index contributed by atoms with van der Waals surface area (Å²) in [5, 5.41) is 11.4. The molecule has 0 spiro atoms. The topological polar surface area (TPSA) is 89.4 Å². The number of aromatic nitrogens is 3. The van der Waals surface area contributed by atoms with Crippen molar-refractivity contribution in [3.8, 4) is 10.6 Å². The Kier molecular flexibility index (Phi) is 5.28. The van der Waals surface area contributed by atoms with Crippen molar-refractivity contribution < 1.29 is 14.3 Å². The molecule has 3 aromatic rings. The monoisotopic (exact) mass is 403 g/mol. The molecule has 1 N–H and O–H groups in total. The molecule has 1 aliphatic rings. The van der Waals surface area contributed by atoms with Crippen LogP contribution in [0.5, 0.6) is 0 Å². The van der Waals surface area contributed by atoms with Gasteiger partial charge in [-0.05, 0) is 17.5 Å². The van der Waals surface area contributed by atoms with E-state index in [1.165, 1.54) is 22.7 Å². The van der Waals surface area contributed by atoms with Crippen molar-refractivity contribution in [1.82, 2.24) is 19.7 Å². The van der Waals surface area contributed by atoms with Gasteiger partial charge in [0, 0.05) is 24.7 Å². The summed E-state index contributed by atoms with van der Waals surface area (Å²) >= 11 is 2.88. The number of ether oxygens (including phenoxy) is 1. The summed E-state index contributed by atoms with van der Waals surface area (Å²) in [6.45, 7) is 2.15. The van der Waals surface area contributed by atoms with Crippen LogP contribution in [0.4, 0.5) is 5.13 Å². The average molecular weight is 403 g/mol. The first-order chi connectivity index (χ1) is 13.2. The molecule has 10 heteroatoms. The molecule has 1 aliphatic heterocycles. The lowest BCUT2D eigenvalue weighted by Gasteiger charge is -2.25. The van der Waals surface area contributed by atoms with Crippen LogP contribution >= 0.6 is 22.7 Å². The highest BCUT2D eigenvalue weighted by Crippen LogP contribution is 2.26. The molecule has 4 heterocycles. The zero-order chi connectivity index (χ0) is 18.6.